The SMILES string of the molecule is Cc1cc(C)c2nc(C(C)C)cc(-c3nnc(N)s3)c2c1. The van der Waals surface area contributed by atoms with E-state index in [1.807, 2.05) is 0 Å². The van der Waals surface area contributed by atoms with Gasteiger partial charge < -0.3 is 5.73 Å². The van der Waals surface area contributed by atoms with Gasteiger partial charge in [-0.1, -0.05) is 36.8 Å². The molecule has 4 nitrogen and oxygen atoms in total. The first-order valence-corrected chi connectivity index (χ1v) is 7.78. The molecule has 5 heteroatoms. The van der Waals surface area contributed by atoms with E-state index in [2.05, 4.69) is 56.1 Å². The van der Waals surface area contributed by atoms with Gasteiger partial charge in [-0.2, -0.15) is 0 Å². The number of nitrogen functional groups attached to an aromatic ring is 1. The maximum atomic E-state index is 5.75. The van der Waals surface area contributed by atoms with Gasteiger partial charge in [0.1, 0.15) is 5.01 Å². The number of benzene rings is 1. The topological polar surface area (TPSA) is 64.7 Å². The van der Waals surface area contributed by atoms with Gasteiger partial charge in [-0.15, -0.1) is 10.2 Å². The number of aromatic nitrogens is 3. The molecule has 2 heterocycles. The van der Waals surface area contributed by atoms with E-state index in [1.54, 1.807) is 0 Å². The van der Waals surface area contributed by atoms with Crippen LogP contribution in [-0.4, -0.2) is 15.2 Å². The van der Waals surface area contributed by atoms with E-state index in [9.17, 15) is 0 Å². The summed E-state index contributed by atoms with van der Waals surface area (Å²) in [6.07, 6.45) is 0. The summed E-state index contributed by atoms with van der Waals surface area (Å²) in [4.78, 5) is 4.83. The largest absolute Gasteiger partial charge is 0.374 e. The highest BCUT2D eigenvalue weighted by Crippen LogP contribution is 2.34. The minimum absolute atomic E-state index is 0.360. The van der Waals surface area contributed by atoms with Gasteiger partial charge in [-0.25, -0.2) is 0 Å². The molecular weight excluding hydrogens is 280 g/mol. The molecule has 0 radical (unpaired) electrons. The number of hydrogen-bond donors (Lipinski definition) is 1. The molecule has 0 aliphatic heterocycles. The van der Waals surface area contributed by atoms with Gasteiger partial charge in [0.15, 0.2) is 0 Å². The first kappa shape index (κ1) is 13.9. The van der Waals surface area contributed by atoms with E-state index in [0.29, 0.717) is 11.0 Å². The minimum atomic E-state index is 0.360. The third-order valence-electron chi connectivity index (χ3n) is 3.53. The minimum Gasteiger partial charge on any atom is -0.374 e. The number of rotatable bonds is 2. The summed E-state index contributed by atoms with van der Waals surface area (Å²) in [6.45, 7) is 8.50. The van der Waals surface area contributed by atoms with Crippen LogP contribution in [-0.2, 0) is 0 Å². The molecule has 2 N–H and O–H groups in total. The molecule has 1 aromatic carbocycles. The molecule has 0 aliphatic rings. The Bertz CT molecular complexity index is 821. The highest BCUT2D eigenvalue weighted by Gasteiger charge is 2.15. The molecule has 3 rings (SSSR count). The molecule has 0 amide bonds. The Labute approximate surface area is 128 Å². The second kappa shape index (κ2) is 5.07. The van der Waals surface area contributed by atoms with E-state index in [1.165, 1.54) is 22.5 Å². The fourth-order valence-electron chi connectivity index (χ4n) is 2.52. The van der Waals surface area contributed by atoms with Crippen LogP contribution < -0.4 is 5.73 Å². The Kier molecular flexibility index (Phi) is 3.37. The summed E-state index contributed by atoms with van der Waals surface area (Å²) < 4.78 is 0. The van der Waals surface area contributed by atoms with E-state index in [4.69, 9.17) is 10.7 Å². The molecule has 0 saturated heterocycles. The van der Waals surface area contributed by atoms with Crippen molar-refractivity contribution < 1.29 is 0 Å². The van der Waals surface area contributed by atoms with Gasteiger partial charge in [0.05, 0.1) is 5.52 Å². The Balaban J connectivity index is 2.39. The van der Waals surface area contributed by atoms with Crippen molar-refractivity contribution in [3.8, 4) is 10.6 Å². The van der Waals surface area contributed by atoms with E-state index < -0.39 is 0 Å². The second-order valence-electron chi connectivity index (χ2n) is 5.67. The molecule has 0 aliphatic carbocycles. The zero-order valence-corrected chi connectivity index (χ0v) is 13.5. The summed E-state index contributed by atoms with van der Waals surface area (Å²) in [5, 5.41) is 10.6. The average Bonchev–Trinajstić information content (AvgIpc) is 2.84. The number of fused-ring (bicyclic) bond motifs is 1. The van der Waals surface area contributed by atoms with Gasteiger partial charge in [0.25, 0.3) is 0 Å². The van der Waals surface area contributed by atoms with Crippen LogP contribution in [0.2, 0.25) is 0 Å². The average molecular weight is 298 g/mol. The fourth-order valence-corrected chi connectivity index (χ4v) is 3.16. The van der Waals surface area contributed by atoms with Gasteiger partial charge in [-0.3, -0.25) is 4.98 Å². The lowest BCUT2D eigenvalue weighted by Crippen LogP contribution is -1.97. The van der Waals surface area contributed by atoms with Crippen molar-refractivity contribution >= 4 is 27.4 Å². The number of anilines is 1. The Morgan fingerprint density at radius 3 is 2.48 bits per heavy atom. The number of nitrogens with zero attached hydrogens (tertiary/aromatic N) is 3. The van der Waals surface area contributed by atoms with Crippen molar-refractivity contribution in [2.75, 3.05) is 5.73 Å². The first-order valence-electron chi connectivity index (χ1n) is 6.97. The predicted octanol–water partition coefficient (Wildman–Crippen LogP) is 4.08. The molecule has 0 atom stereocenters. The number of nitrogens with two attached hydrogens (primary N) is 1. The predicted molar refractivity (Wildman–Crippen MR) is 88.6 cm³/mol. The Morgan fingerprint density at radius 2 is 1.86 bits per heavy atom. The smallest absolute Gasteiger partial charge is 0.203 e. The van der Waals surface area contributed by atoms with Crippen LogP contribution in [0.4, 0.5) is 5.13 Å². The van der Waals surface area contributed by atoms with E-state index in [-0.39, 0.29) is 0 Å². The van der Waals surface area contributed by atoms with Crippen LogP contribution in [0.3, 0.4) is 0 Å². The number of aryl methyl sites for hydroxylation is 2. The van der Waals surface area contributed by atoms with Gasteiger partial charge in [0.2, 0.25) is 5.13 Å². The summed E-state index contributed by atoms with van der Waals surface area (Å²) in [5.41, 5.74) is 11.3. The molecule has 108 valence electrons. The highest BCUT2D eigenvalue weighted by molar-refractivity contribution is 7.18. The summed E-state index contributed by atoms with van der Waals surface area (Å²) in [6, 6.07) is 6.44. The van der Waals surface area contributed by atoms with Crippen molar-refractivity contribution in [1.82, 2.24) is 15.2 Å². The zero-order valence-electron chi connectivity index (χ0n) is 12.6. The van der Waals surface area contributed by atoms with Crippen LogP contribution in [0, 0.1) is 13.8 Å². The molecule has 0 unspecified atom stereocenters. The number of hydrogen-bond acceptors (Lipinski definition) is 5. The van der Waals surface area contributed by atoms with Crippen LogP contribution in [0.25, 0.3) is 21.5 Å². The molecule has 2 aromatic heterocycles. The van der Waals surface area contributed by atoms with Crippen LogP contribution in [0.1, 0.15) is 36.6 Å². The number of pyridine rings is 1. The van der Waals surface area contributed by atoms with Crippen molar-refractivity contribution in [3.05, 3.63) is 35.0 Å². The quantitative estimate of drug-likeness (QED) is 0.774. The summed E-state index contributed by atoms with van der Waals surface area (Å²) in [7, 11) is 0. The molecular formula is C16H18N4S. The zero-order chi connectivity index (χ0) is 15.1. The highest BCUT2D eigenvalue weighted by atomic mass is 32.1. The fraction of sp³-hybridized carbons (Fsp3) is 0.312. The summed E-state index contributed by atoms with van der Waals surface area (Å²) >= 11 is 1.42. The monoisotopic (exact) mass is 298 g/mol. The van der Waals surface area contributed by atoms with Gasteiger partial charge in [-0.05, 0) is 37.5 Å². The van der Waals surface area contributed by atoms with Crippen molar-refractivity contribution in [2.45, 2.75) is 33.6 Å². The molecule has 21 heavy (non-hydrogen) atoms. The van der Waals surface area contributed by atoms with Crippen LogP contribution in [0.15, 0.2) is 18.2 Å². The molecule has 3 aromatic rings. The van der Waals surface area contributed by atoms with Crippen molar-refractivity contribution in [1.29, 1.82) is 0 Å². The van der Waals surface area contributed by atoms with Gasteiger partial charge >= 0.3 is 0 Å². The Morgan fingerprint density at radius 1 is 1.10 bits per heavy atom. The van der Waals surface area contributed by atoms with E-state index >= 15 is 0 Å². The molecule has 0 saturated carbocycles. The normalized spacial score (nSPS) is 11.5. The lowest BCUT2D eigenvalue weighted by molar-refractivity contribution is 0.830. The van der Waals surface area contributed by atoms with Crippen LogP contribution >= 0.6 is 11.3 Å². The lowest BCUT2D eigenvalue weighted by Gasteiger charge is -2.12. The lowest BCUT2D eigenvalue weighted by atomic mass is 9.99. The standard InChI is InChI=1S/C16H18N4S/c1-8(2)13-7-12(15-19-20-16(17)21-15)11-6-9(3)5-10(4)14(11)18-13/h5-8H,1-4H3,(H2,17,20). The molecule has 0 spiro atoms. The Hall–Kier alpha value is -2.01. The second-order valence-corrected chi connectivity index (χ2v) is 6.68. The summed E-state index contributed by atoms with van der Waals surface area (Å²) in [5.74, 6) is 0.360. The first-order chi connectivity index (χ1) is 9.95. The van der Waals surface area contributed by atoms with Gasteiger partial charge in [0, 0.05) is 16.6 Å². The van der Waals surface area contributed by atoms with Crippen LogP contribution in [0.5, 0.6) is 0 Å². The third kappa shape index (κ3) is 2.49. The maximum Gasteiger partial charge on any atom is 0.203 e. The van der Waals surface area contributed by atoms with Crippen molar-refractivity contribution in [3.63, 3.8) is 0 Å². The van der Waals surface area contributed by atoms with Crippen molar-refractivity contribution in [2.24, 2.45) is 0 Å². The molecule has 0 bridgehead atoms. The maximum absolute atomic E-state index is 5.75. The third-order valence-corrected chi connectivity index (χ3v) is 4.32. The van der Waals surface area contributed by atoms with E-state index in [0.717, 1.165) is 27.2 Å². The molecule has 0 fully saturated rings.